The lowest BCUT2D eigenvalue weighted by Gasteiger charge is -2.24. The number of hydrogen-bond acceptors (Lipinski definition) is 3. The maximum Gasteiger partial charge on any atom is 0.163 e. The van der Waals surface area contributed by atoms with E-state index >= 15 is 0 Å². The molecule has 1 aliphatic rings. The summed E-state index contributed by atoms with van der Waals surface area (Å²) in [5.41, 5.74) is 1.43. The third-order valence-corrected chi connectivity index (χ3v) is 3.14. The van der Waals surface area contributed by atoms with Crippen molar-refractivity contribution in [3.05, 3.63) is 23.8 Å². The van der Waals surface area contributed by atoms with E-state index in [0.29, 0.717) is 11.6 Å². The summed E-state index contributed by atoms with van der Waals surface area (Å²) >= 11 is 0. The van der Waals surface area contributed by atoms with Gasteiger partial charge in [-0.05, 0) is 38.3 Å². The van der Waals surface area contributed by atoms with E-state index in [2.05, 4.69) is 11.8 Å². The zero-order chi connectivity index (χ0) is 12.4. The number of phenolic OH excluding ortho intramolecular Hbond substituents is 1. The molecule has 0 heterocycles. The predicted octanol–water partition coefficient (Wildman–Crippen LogP) is 2.97. The highest BCUT2D eigenvalue weighted by atomic mass is 16.3. The molecule has 1 fully saturated rings. The number of anilines is 1. The van der Waals surface area contributed by atoms with E-state index in [0.717, 1.165) is 18.7 Å². The van der Waals surface area contributed by atoms with Gasteiger partial charge in [-0.15, -0.1) is 0 Å². The van der Waals surface area contributed by atoms with Crippen LogP contribution in [0.15, 0.2) is 18.2 Å². The molecule has 0 spiro atoms. The number of hydrogen-bond donors (Lipinski definition) is 1. The average Bonchev–Trinajstić information content (AvgIpc) is 3.09. The summed E-state index contributed by atoms with van der Waals surface area (Å²) in [6.07, 6.45) is 3.55. The smallest absolute Gasteiger partial charge is 0.163 e. The van der Waals surface area contributed by atoms with Crippen molar-refractivity contribution in [2.24, 2.45) is 0 Å². The molecule has 0 radical (unpaired) electrons. The second-order valence-electron chi connectivity index (χ2n) is 4.68. The lowest BCUT2D eigenvalue weighted by molar-refractivity contribution is 0.101. The summed E-state index contributed by atoms with van der Waals surface area (Å²) in [6.45, 7) is 4.63. The van der Waals surface area contributed by atoms with Crippen LogP contribution in [0.2, 0.25) is 0 Å². The molecule has 0 atom stereocenters. The second-order valence-corrected chi connectivity index (χ2v) is 4.68. The Kier molecular flexibility index (Phi) is 3.36. The second kappa shape index (κ2) is 4.78. The normalized spacial score (nSPS) is 14.7. The van der Waals surface area contributed by atoms with Crippen molar-refractivity contribution in [1.82, 2.24) is 0 Å². The lowest BCUT2D eigenvalue weighted by atomic mass is 10.1. The highest BCUT2D eigenvalue weighted by molar-refractivity contribution is 5.97. The van der Waals surface area contributed by atoms with Crippen LogP contribution in [-0.2, 0) is 0 Å². The first-order valence-corrected chi connectivity index (χ1v) is 6.24. The van der Waals surface area contributed by atoms with Gasteiger partial charge in [0, 0.05) is 24.3 Å². The van der Waals surface area contributed by atoms with Crippen LogP contribution in [-0.4, -0.2) is 23.5 Å². The van der Waals surface area contributed by atoms with Crippen molar-refractivity contribution in [2.45, 2.75) is 39.2 Å². The molecule has 1 saturated carbocycles. The standard InChI is InChI=1S/C14H19NO2/c1-3-8-15(11-4-5-11)12-6-7-13(10(2)16)14(17)9-12/h6-7,9,11,17H,3-5,8H2,1-2H3. The van der Waals surface area contributed by atoms with Gasteiger partial charge < -0.3 is 10.0 Å². The van der Waals surface area contributed by atoms with Crippen LogP contribution < -0.4 is 4.90 Å². The fraction of sp³-hybridized carbons (Fsp3) is 0.500. The minimum atomic E-state index is -0.0949. The molecular formula is C14H19NO2. The molecule has 17 heavy (non-hydrogen) atoms. The fourth-order valence-corrected chi connectivity index (χ4v) is 2.15. The van der Waals surface area contributed by atoms with Gasteiger partial charge in [0.15, 0.2) is 5.78 Å². The SMILES string of the molecule is CCCN(c1ccc(C(C)=O)c(O)c1)C1CC1. The molecule has 0 aromatic heterocycles. The Hall–Kier alpha value is -1.51. The summed E-state index contributed by atoms with van der Waals surface area (Å²) in [5, 5.41) is 9.83. The molecule has 0 amide bonds. The Bertz CT molecular complexity index is 424. The van der Waals surface area contributed by atoms with Gasteiger partial charge in [-0.1, -0.05) is 6.92 Å². The van der Waals surface area contributed by atoms with Crippen LogP contribution in [0.4, 0.5) is 5.69 Å². The van der Waals surface area contributed by atoms with Gasteiger partial charge in [0.25, 0.3) is 0 Å². The molecule has 92 valence electrons. The summed E-state index contributed by atoms with van der Waals surface area (Å²) in [4.78, 5) is 13.6. The maximum absolute atomic E-state index is 11.2. The molecule has 1 aromatic carbocycles. The zero-order valence-electron chi connectivity index (χ0n) is 10.4. The van der Waals surface area contributed by atoms with Crippen LogP contribution in [0, 0.1) is 0 Å². The van der Waals surface area contributed by atoms with Gasteiger partial charge in [-0.3, -0.25) is 4.79 Å². The minimum Gasteiger partial charge on any atom is -0.507 e. The molecule has 1 aromatic rings. The predicted molar refractivity (Wildman–Crippen MR) is 68.8 cm³/mol. The number of carbonyl (C=O) groups is 1. The number of phenols is 1. The van der Waals surface area contributed by atoms with E-state index in [9.17, 15) is 9.90 Å². The summed E-state index contributed by atoms with van der Waals surface area (Å²) in [6, 6.07) is 5.99. The van der Waals surface area contributed by atoms with E-state index in [-0.39, 0.29) is 11.5 Å². The topological polar surface area (TPSA) is 40.5 Å². The quantitative estimate of drug-likeness (QED) is 0.795. The molecule has 3 heteroatoms. The van der Waals surface area contributed by atoms with Crippen LogP contribution in [0.3, 0.4) is 0 Å². The molecule has 0 unspecified atom stereocenters. The Morgan fingerprint density at radius 3 is 2.65 bits per heavy atom. The van der Waals surface area contributed by atoms with Crippen molar-refractivity contribution >= 4 is 11.5 Å². The van der Waals surface area contributed by atoms with Crippen LogP contribution >= 0.6 is 0 Å². The maximum atomic E-state index is 11.2. The number of carbonyl (C=O) groups excluding carboxylic acids is 1. The number of ketones is 1. The van der Waals surface area contributed by atoms with Gasteiger partial charge in [-0.2, -0.15) is 0 Å². The zero-order valence-corrected chi connectivity index (χ0v) is 10.4. The van der Waals surface area contributed by atoms with Gasteiger partial charge in [0.05, 0.1) is 5.56 Å². The molecule has 0 bridgehead atoms. The van der Waals surface area contributed by atoms with Crippen molar-refractivity contribution in [3.8, 4) is 5.75 Å². The van der Waals surface area contributed by atoms with Crippen molar-refractivity contribution in [3.63, 3.8) is 0 Å². The number of Topliss-reactive ketones (excluding diaryl/α,β-unsaturated/α-hetero) is 1. The molecule has 3 nitrogen and oxygen atoms in total. The highest BCUT2D eigenvalue weighted by Gasteiger charge is 2.29. The van der Waals surface area contributed by atoms with Crippen LogP contribution in [0.1, 0.15) is 43.5 Å². The first-order chi connectivity index (χ1) is 8.13. The Balaban J connectivity index is 2.25. The third kappa shape index (κ3) is 2.60. The van der Waals surface area contributed by atoms with Crippen molar-refractivity contribution < 1.29 is 9.90 Å². The van der Waals surface area contributed by atoms with Crippen LogP contribution in [0.25, 0.3) is 0 Å². The minimum absolute atomic E-state index is 0.0942. The monoisotopic (exact) mass is 233 g/mol. The Morgan fingerprint density at radius 1 is 1.47 bits per heavy atom. The van der Waals surface area contributed by atoms with E-state index in [1.54, 1.807) is 12.1 Å². The van der Waals surface area contributed by atoms with Crippen LogP contribution in [0.5, 0.6) is 5.75 Å². The van der Waals surface area contributed by atoms with E-state index in [1.807, 2.05) is 6.07 Å². The molecular weight excluding hydrogens is 214 g/mol. The van der Waals surface area contributed by atoms with E-state index in [4.69, 9.17) is 0 Å². The third-order valence-electron chi connectivity index (χ3n) is 3.14. The van der Waals surface area contributed by atoms with E-state index in [1.165, 1.54) is 19.8 Å². The number of benzene rings is 1. The largest absolute Gasteiger partial charge is 0.507 e. The van der Waals surface area contributed by atoms with Gasteiger partial charge in [0.2, 0.25) is 0 Å². The molecule has 1 N–H and O–H groups in total. The van der Waals surface area contributed by atoms with Crippen molar-refractivity contribution in [1.29, 1.82) is 0 Å². The van der Waals surface area contributed by atoms with Gasteiger partial charge >= 0.3 is 0 Å². The molecule has 2 rings (SSSR count). The molecule has 0 saturated heterocycles. The molecule has 0 aliphatic heterocycles. The number of rotatable bonds is 5. The Labute approximate surface area is 102 Å². The Morgan fingerprint density at radius 2 is 2.18 bits per heavy atom. The number of aromatic hydroxyl groups is 1. The highest BCUT2D eigenvalue weighted by Crippen LogP contribution is 2.34. The summed E-state index contributed by atoms with van der Waals surface area (Å²) in [7, 11) is 0. The van der Waals surface area contributed by atoms with Crippen molar-refractivity contribution in [2.75, 3.05) is 11.4 Å². The summed E-state index contributed by atoms with van der Waals surface area (Å²) < 4.78 is 0. The summed E-state index contributed by atoms with van der Waals surface area (Å²) in [5.74, 6) is -0.000679. The first-order valence-electron chi connectivity index (χ1n) is 6.24. The van der Waals surface area contributed by atoms with E-state index < -0.39 is 0 Å². The molecule has 1 aliphatic carbocycles. The van der Waals surface area contributed by atoms with Gasteiger partial charge in [-0.25, -0.2) is 0 Å². The lowest BCUT2D eigenvalue weighted by Crippen LogP contribution is -2.26. The first kappa shape index (κ1) is 12.0. The number of nitrogens with zero attached hydrogens (tertiary/aromatic N) is 1. The van der Waals surface area contributed by atoms with Gasteiger partial charge in [0.1, 0.15) is 5.75 Å². The fourth-order valence-electron chi connectivity index (χ4n) is 2.15. The average molecular weight is 233 g/mol.